The predicted molar refractivity (Wildman–Crippen MR) is 50.2 cm³/mol. The van der Waals surface area contributed by atoms with E-state index < -0.39 is 0 Å². The molecule has 0 aliphatic carbocycles. The van der Waals surface area contributed by atoms with Crippen LogP contribution < -0.4 is 4.74 Å². The van der Waals surface area contributed by atoms with Gasteiger partial charge in [0.15, 0.2) is 0 Å². The molecule has 0 radical (unpaired) electrons. The second kappa shape index (κ2) is 3.39. The summed E-state index contributed by atoms with van der Waals surface area (Å²) in [6, 6.07) is 0. The summed E-state index contributed by atoms with van der Waals surface area (Å²) < 4.78 is 5.13. The maximum atomic E-state index is 5.13. The Bertz CT molecular complexity index is 305. The Balaban J connectivity index is 3.23. The summed E-state index contributed by atoms with van der Waals surface area (Å²) in [5, 5.41) is 0. The van der Waals surface area contributed by atoms with E-state index in [-0.39, 0.29) is 0 Å². The van der Waals surface area contributed by atoms with Gasteiger partial charge in [-0.05, 0) is 19.4 Å². The highest BCUT2D eigenvalue weighted by molar-refractivity contribution is 5.65. The normalized spacial score (nSPS) is 9.58. The van der Waals surface area contributed by atoms with Crippen molar-refractivity contribution in [2.45, 2.75) is 13.8 Å². The molecule has 64 valence electrons. The lowest BCUT2D eigenvalue weighted by Gasteiger charge is -2.08. The Morgan fingerprint density at radius 3 is 2.67 bits per heavy atom. The molecule has 1 aromatic rings. The quantitative estimate of drug-likeness (QED) is 0.668. The summed E-state index contributed by atoms with van der Waals surface area (Å²) in [4.78, 5) is 4.05. The molecule has 0 fully saturated rings. The first kappa shape index (κ1) is 8.78. The van der Waals surface area contributed by atoms with Gasteiger partial charge in [0.2, 0.25) is 0 Å². The van der Waals surface area contributed by atoms with E-state index in [1.54, 1.807) is 19.5 Å². The highest BCUT2D eigenvalue weighted by Gasteiger charge is 2.04. The molecule has 2 heteroatoms. The molecule has 0 spiro atoms. The lowest BCUT2D eigenvalue weighted by Crippen LogP contribution is -1.92. The van der Waals surface area contributed by atoms with Crippen molar-refractivity contribution in [1.29, 1.82) is 0 Å². The molecule has 1 rings (SSSR count). The zero-order valence-electron chi connectivity index (χ0n) is 7.72. The molecule has 0 amide bonds. The summed E-state index contributed by atoms with van der Waals surface area (Å²) in [5.74, 6) is 0.815. The van der Waals surface area contributed by atoms with Crippen LogP contribution in [0.4, 0.5) is 0 Å². The van der Waals surface area contributed by atoms with Gasteiger partial charge in [0, 0.05) is 17.3 Å². The van der Waals surface area contributed by atoms with E-state index in [4.69, 9.17) is 4.74 Å². The Kier molecular flexibility index (Phi) is 2.48. The Morgan fingerprint density at radius 2 is 2.17 bits per heavy atom. The molecule has 1 heterocycles. The predicted octanol–water partition coefficient (Wildman–Crippen LogP) is 2.43. The molecule has 0 unspecified atom stereocenters. The number of hydrogen-bond acceptors (Lipinski definition) is 2. The van der Waals surface area contributed by atoms with Crippen LogP contribution in [-0.2, 0) is 0 Å². The summed E-state index contributed by atoms with van der Waals surface area (Å²) in [6.45, 7) is 7.83. The number of allylic oxidation sites excluding steroid dienone is 1. The first-order chi connectivity index (χ1) is 5.66. The van der Waals surface area contributed by atoms with Gasteiger partial charge in [-0.2, -0.15) is 0 Å². The molecule has 0 aromatic carbocycles. The summed E-state index contributed by atoms with van der Waals surface area (Å²) in [5.41, 5.74) is 3.17. The van der Waals surface area contributed by atoms with Gasteiger partial charge in [0.1, 0.15) is 5.75 Å². The number of ether oxygens (including phenoxy) is 1. The summed E-state index contributed by atoms with van der Waals surface area (Å²) in [6.07, 6.45) is 3.52. The number of pyridine rings is 1. The second-order valence-electron chi connectivity index (χ2n) is 2.79. The van der Waals surface area contributed by atoms with Crippen LogP contribution in [-0.4, -0.2) is 12.1 Å². The van der Waals surface area contributed by atoms with Crippen molar-refractivity contribution < 1.29 is 4.74 Å². The molecule has 12 heavy (non-hydrogen) atoms. The lowest BCUT2D eigenvalue weighted by molar-refractivity contribution is 0.409. The van der Waals surface area contributed by atoms with Crippen LogP contribution in [0.2, 0.25) is 0 Å². The summed E-state index contributed by atoms with van der Waals surface area (Å²) in [7, 11) is 1.65. The zero-order chi connectivity index (χ0) is 9.14. The highest BCUT2D eigenvalue weighted by atomic mass is 16.5. The van der Waals surface area contributed by atoms with Gasteiger partial charge < -0.3 is 4.74 Å². The zero-order valence-corrected chi connectivity index (χ0v) is 7.72. The number of methoxy groups -OCH3 is 1. The van der Waals surface area contributed by atoms with Crippen molar-refractivity contribution in [2.24, 2.45) is 0 Å². The third-order valence-electron chi connectivity index (χ3n) is 1.85. The molecule has 0 saturated carbocycles. The molecule has 1 aromatic heterocycles. The van der Waals surface area contributed by atoms with E-state index in [9.17, 15) is 0 Å². The van der Waals surface area contributed by atoms with Gasteiger partial charge >= 0.3 is 0 Å². The van der Waals surface area contributed by atoms with Gasteiger partial charge in [-0.1, -0.05) is 6.58 Å². The minimum Gasteiger partial charge on any atom is -0.495 e. The van der Waals surface area contributed by atoms with E-state index in [0.717, 1.165) is 22.4 Å². The Morgan fingerprint density at radius 1 is 1.50 bits per heavy atom. The standard InChI is InChI=1S/C10H13NO/c1-7(2)9-5-11-6-10(12-4)8(9)3/h5-6H,1H2,2-4H3. The number of nitrogens with zero attached hydrogens (tertiary/aromatic N) is 1. The third-order valence-corrected chi connectivity index (χ3v) is 1.85. The van der Waals surface area contributed by atoms with Crippen LogP contribution in [0.1, 0.15) is 18.1 Å². The fourth-order valence-corrected chi connectivity index (χ4v) is 1.14. The smallest absolute Gasteiger partial charge is 0.140 e. The molecular weight excluding hydrogens is 150 g/mol. The van der Waals surface area contributed by atoms with E-state index in [1.165, 1.54) is 0 Å². The Labute approximate surface area is 72.9 Å². The van der Waals surface area contributed by atoms with E-state index in [0.29, 0.717) is 0 Å². The Hall–Kier alpha value is -1.31. The average molecular weight is 163 g/mol. The van der Waals surface area contributed by atoms with Crippen LogP contribution in [0.5, 0.6) is 5.75 Å². The fraction of sp³-hybridized carbons (Fsp3) is 0.300. The largest absolute Gasteiger partial charge is 0.495 e. The van der Waals surface area contributed by atoms with E-state index in [1.807, 2.05) is 13.8 Å². The minimum absolute atomic E-state index is 0.815. The molecule has 0 bridgehead atoms. The molecular formula is C10H13NO. The first-order valence-electron chi connectivity index (χ1n) is 3.81. The number of hydrogen-bond donors (Lipinski definition) is 0. The number of aromatic nitrogens is 1. The van der Waals surface area contributed by atoms with Crippen LogP contribution in [0.3, 0.4) is 0 Å². The molecule has 0 N–H and O–H groups in total. The summed E-state index contributed by atoms with van der Waals surface area (Å²) >= 11 is 0. The second-order valence-corrected chi connectivity index (χ2v) is 2.79. The minimum atomic E-state index is 0.815. The maximum Gasteiger partial charge on any atom is 0.140 e. The van der Waals surface area contributed by atoms with Crippen molar-refractivity contribution in [3.8, 4) is 5.75 Å². The van der Waals surface area contributed by atoms with Crippen LogP contribution in [0.15, 0.2) is 19.0 Å². The van der Waals surface area contributed by atoms with Crippen molar-refractivity contribution in [1.82, 2.24) is 4.98 Å². The average Bonchev–Trinajstić information content (AvgIpc) is 2.04. The van der Waals surface area contributed by atoms with Gasteiger partial charge in [0.05, 0.1) is 13.3 Å². The van der Waals surface area contributed by atoms with Gasteiger partial charge in [0.25, 0.3) is 0 Å². The van der Waals surface area contributed by atoms with E-state index in [2.05, 4.69) is 11.6 Å². The van der Waals surface area contributed by atoms with Gasteiger partial charge in [-0.25, -0.2) is 0 Å². The van der Waals surface area contributed by atoms with Crippen molar-refractivity contribution in [3.05, 3.63) is 30.1 Å². The maximum absolute atomic E-state index is 5.13. The van der Waals surface area contributed by atoms with Crippen molar-refractivity contribution in [2.75, 3.05) is 7.11 Å². The van der Waals surface area contributed by atoms with Gasteiger partial charge in [-0.15, -0.1) is 0 Å². The third kappa shape index (κ3) is 1.47. The number of rotatable bonds is 2. The highest BCUT2D eigenvalue weighted by Crippen LogP contribution is 2.23. The SMILES string of the molecule is C=C(C)c1cncc(OC)c1C. The van der Waals surface area contributed by atoms with Gasteiger partial charge in [-0.3, -0.25) is 4.98 Å². The van der Waals surface area contributed by atoms with Crippen molar-refractivity contribution >= 4 is 5.57 Å². The monoisotopic (exact) mass is 163 g/mol. The van der Waals surface area contributed by atoms with Crippen LogP contribution in [0, 0.1) is 6.92 Å². The molecule has 0 aliphatic rings. The van der Waals surface area contributed by atoms with Crippen molar-refractivity contribution in [3.63, 3.8) is 0 Å². The molecule has 0 atom stereocenters. The molecule has 2 nitrogen and oxygen atoms in total. The fourth-order valence-electron chi connectivity index (χ4n) is 1.14. The van der Waals surface area contributed by atoms with Crippen LogP contribution >= 0.6 is 0 Å². The van der Waals surface area contributed by atoms with Crippen LogP contribution in [0.25, 0.3) is 5.57 Å². The molecule has 0 saturated heterocycles. The lowest BCUT2D eigenvalue weighted by atomic mass is 10.1. The topological polar surface area (TPSA) is 22.1 Å². The molecule has 0 aliphatic heterocycles. The first-order valence-corrected chi connectivity index (χ1v) is 3.81. The van der Waals surface area contributed by atoms with E-state index >= 15 is 0 Å².